The molecule has 1 aromatic heterocycles. The molecule has 3 rings (SSSR count). The number of carbonyl (C=O) groups excluding carboxylic acids is 1. The number of benzene rings is 1. The van der Waals surface area contributed by atoms with Crippen molar-refractivity contribution in [2.45, 2.75) is 44.9 Å². The van der Waals surface area contributed by atoms with E-state index in [9.17, 15) is 4.79 Å². The van der Waals surface area contributed by atoms with Crippen molar-refractivity contribution >= 4 is 18.1 Å². The van der Waals surface area contributed by atoms with Crippen molar-refractivity contribution in [3.8, 4) is 11.4 Å². The first kappa shape index (κ1) is 16.9. The maximum atomic E-state index is 12.5. The van der Waals surface area contributed by atoms with E-state index in [1.165, 1.54) is 0 Å². The highest BCUT2D eigenvalue weighted by Gasteiger charge is 2.28. The molecule has 1 aliphatic carbocycles. The van der Waals surface area contributed by atoms with E-state index >= 15 is 0 Å². The van der Waals surface area contributed by atoms with E-state index < -0.39 is 0 Å². The number of aromatic amines is 1. The van der Waals surface area contributed by atoms with Crippen molar-refractivity contribution in [1.29, 1.82) is 0 Å². The van der Waals surface area contributed by atoms with Crippen molar-refractivity contribution in [2.24, 2.45) is 0 Å². The number of nitrogens with one attached hydrogen (secondary N) is 2. The number of methoxy groups -OCH3 is 1. The molecule has 7 heteroatoms. The van der Waals surface area contributed by atoms with Gasteiger partial charge in [0.05, 0.1) is 12.1 Å². The van der Waals surface area contributed by atoms with Crippen LogP contribution in [0.15, 0.2) is 24.3 Å². The van der Waals surface area contributed by atoms with Crippen molar-refractivity contribution in [3.05, 3.63) is 34.6 Å². The van der Waals surface area contributed by atoms with Crippen LogP contribution in [0.5, 0.6) is 0 Å². The minimum absolute atomic E-state index is 0.0737. The Bertz CT molecular complexity index is 783. The summed E-state index contributed by atoms with van der Waals surface area (Å²) < 4.78 is 7.60. The molecule has 1 heterocycles. The molecule has 0 spiro atoms. The summed E-state index contributed by atoms with van der Waals surface area (Å²) in [5, 5.41) is 10.1. The molecule has 0 unspecified atom stereocenters. The summed E-state index contributed by atoms with van der Waals surface area (Å²) >= 11 is 5.29. The van der Waals surface area contributed by atoms with Gasteiger partial charge in [-0.15, -0.1) is 0 Å². The largest absolute Gasteiger partial charge is 0.379 e. The molecule has 1 amide bonds. The molecule has 0 aliphatic heterocycles. The van der Waals surface area contributed by atoms with E-state index in [1.54, 1.807) is 11.7 Å². The van der Waals surface area contributed by atoms with Gasteiger partial charge in [0, 0.05) is 12.7 Å². The summed E-state index contributed by atoms with van der Waals surface area (Å²) in [5.74, 6) is 0.601. The Kier molecular flexibility index (Phi) is 5.11. The van der Waals surface area contributed by atoms with Crippen LogP contribution in [0.4, 0.5) is 0 Å². The summed E-state index contributed by atoms with van der Waals surface area (Å²) in [7, 11) is 1.69. The number of aromatic nitrogens is 3. The van der Waals surface area contributed by atoms with Crippen molar-refractivity contribution in [1.82, 2.24) is 20.1 Å². The van der Waals surface area contributed by atoms with Crippen LogP contribution in [0.2, 0.25) is 0 Å². The fraction of sp³-hybridized carbons (Fsp3) is 0.471. The third kappa shape index (κ3) is 3.57. The van der Waals surface area contributed by atoms with Gasteiger partial charge in [-0.1, -0.05) is 23.8 Å². The van der Waals surface area contributed by atoms with E-state index in [4.69, 9.17) is 17.0 Å². The number of H-pyrrole nitrogens is 1. The Balaban J connectivity index is 1.77. The van der Waals surface area contributed by atoms with Crippen LogP contribution in [0.25, 0.3) is 11.4 Å². The lowest BCUT2D eigenvalue weighted by atomic mass is 10.1. The average molecular weight is 346 g/mol. The van der Waals surface area contributed by atoms with Crippen molar-refractivity contribution < 1.29 is 9.53 Å². The quantitative estimate of drug-likeness (QED) is 0.817. The van der Waals surface area contributed by atoms with Crippen LogP contribution in [0.1, 0.15) is 24.8 Å². The number of rotatable bonds is 5. The molecule has 0 saturated heterocycles. The van der Waals surface area contributed by atoms with Gasteiger partial charge in [-0.25, -0.2) is 0 Å². The van der Waals surface area contributed by atoms with Gasteiger partial charge in [0.1, 0.15) is 6.54 Å². The highest BCUT2D eigenvalue weighted by Crippen LogP contribution is 2.22. The van der Waals surface area contributed by atoms with Crippen LogP contribution in [0.3, 0.4) is 0 Å². The van der Waals surface area contributed by atoms with E-state index in [2.05, 4.69) is 15.5 Å². The number of hydrogen-bond acceptors (Lipinski definition) is 4. The monoisotopic (exact) mass is 346 g/mol. The Labute approximate surface area is 146 Å². The second kappa shape index (κ2) is 7.27. The predicted molar refractivity (Wildman–Crippen MR) is 94.2 cm³/mol. The lowest BCUT2D eigenvalue weighted by Gasteiger charge is -2.19. The van der Waals surface area contributed by atoms with Gasteiger partial charge in [-0.2, -0.15) is 5.10 Å². The number of nitrogens with zero attached hydrogens (tertiary/aromatic N) is 2. The van der Waals surface area contributed by atoms with Crippen LogP contribution in [0, 0.1) is 11.7 Å². The smallest absolute Gasteiger partial charge is 0.240 e. The first-order valence-electron chi connectivity index (χ1n) is 8.13. The minimum Gasteiger partial charge on any atom is -0.379 e. The summed E-state index contributed by atoms with van der Waals surface area (Å²) in [4.78, 5) is 12.5. The van der Waals surface area contributed by atoms with Crippen LogP contribution >= 0.6 is 12.2 Å². The van der Waals surface area contributed by atoms with Gasteiger partial charge in [0.2, 0.25) is 5.91 Å². The second-order valence-corrected chi connectivity index (χ2v) is 6.57. The minimum atomic E-state index is -0.0737. The molecular weight excluding hydrogens is 324 g/mol. The lowest BCUT2D eigenvalue weighted by Crippen LogP contribution is -2.42. The molecule has 24 heavy (non-hydrogen) atoms. The van der Waals surface area contributed by atoms with Gasteiger partial charge in [-0.05, 0) is 44.5 Å². The maximum absolute atomic E-state index is 12.5. The van der Waals surface area contributed by atoms with Gasteiger partial charge in [-0.3, -0.25) is 14.5 Å². The Hall–Kier alpha value is -1.99. The molecule has 2 aromatic rings. The number of aryl methyl sites for hydroxylation is 1. The zero-order chi connectivity index (χ0) is 17.1. The standard InChI is InChI=1S/C17H22N4O2S/c1-11-5-3-6-12(9-11)16-19-20-17(24)21(16)10-15(22)18-13-7-4-8-14(13)23-2/h3,5-6,9,13-14H,4,7-8,10H2,1-2H3,(H,18,22)(H,20,24)/t13-,14-/m0/s1. The Morgan fingerprint density at radius 3 is 3.08 bits per heavy atom. The van der Waals surface area contributed by atoms with Crippen molar-refractivity contribution in [2.75, 3.05) is 7.11 Å². The molecule has 0 radical (unpaired) electrons. The van der Waals surface area contributed by atoms with Crippen LogP contribution in [-0.2, 0) is 16.1 Å². The average Bonchev–Trinajstić information content (AvgIpc) is 3.14. The number of ether oxygens (including phenoxy) is 1. The molecule has 1 aliphatic rings. The lowest BCUT2D eigenvalue weighted by molar-refractivity contribution is -0.123. The van der Waals surface area contributed by atoms with E-state index in [0.29, 0.717) is 10.6 Å². The van der Waals surface area contributed by atoms with Crippen molar-refractivity contribution in [3.63, 3.8) is 0 Å². The number of hydrogen-bond donors (Lipinski definition) is 2. The third-order valence-corrected chi connectivity index (χ3v) is 4.75. The SMILES string of the molecule is CO[C@H]1CCC[C@@H]1NC(=O)Cn1c(-c2cccc(C)c2)n[nH]c1=S. The van der Waals surface area contributed by atoms with E-state index in [1.807, 2.05) is 31.2 Å². The summed E-state index contributed by atoms with van der Waals surface area (Å²) in [5.41, 5.74) is 2.07. The van der Waals surface area contributed by atoms with Gasteiger partial charge in [0.15, 0.2) is 10.6 Å². The number of amides is 1. The summed E-state index contributed by atoms with van der Waals surface area (Å²) in [6, 6.07) is 8.05. The fourth-order valence-corrected chi connectivity index (χ4v) is 3.43. The molecule has 128 valence electrons. The van der Waals surface area contributed by atoms with Gasteiger partial charge in [0.25, 0.3) is 0 Å². The molecule has 1 fully saturated rings. The predicted octanol–water partition coefficient (Wildman–Crippen LogP) is 2.60. The zero-order valence-corrected chi connectivity index (χ0v) is 14.7. The molecule has 1 saturated carbocycles. The highest BCUT2D eigenvalue weighted by molar-refractivity contribution is 7.71. The molecule has 1 aromatic carbocycles. The first-order chi connectivity index (χ1) is 11.6. The fourth-order valence-electron chi connectivity index (χ4n) is 3.24. The summed E-state index contributed by atoms with van der Waals surface area (Å²) in [6.07, 6.45) is 3.11. The Morgan fingerprint density at radius 1 is 1.50 bits per heavy atom. The molecule has 6 nitrogen and oxygen atoms in total. The molecule has 2 N–H and O–H groups in total. The summed E-state index contributed by atoms with van der Waals surface area (Å²) in [6.45, 7) is 2.17. The van der Waals surface area contributed by atoms with Gasteiger partial charge < -0.3 is 10.1 Å². The first-order valence-corrected chi connectivity index (χ1v) is 8.53. The topological polar surface area (TPSA) is 71.9 Å². The van der Waals surface area contributed by atoms with E-state index in [-0.39, 0.29) is 24.6 Å². The third-order valence-electron chi connectivity index (χ3n) is 4.44. The molecular formula is C17H22N4O2S. The van der Waals surface area contributed by atoms with Gasteiger partial charge >= 0.3 is 0 Å². The zero-order valence-electron chi connectivity index (χ0n) is 13.9. The maximum Gasteiger partial charge on any atom is 0.240 e. The van der Waals surface area contributed by atoms with Crippen LogP contribution < -0.4 is 5.32 Å². The van der Waals surface area contributed by atoms with Crippen LogP contribution in [-0.4, -0.2) is 39.9 Å². The highest BCUT2D eigenvalue weighted by atomic mass is 32.1. The second-order valence-electron chi connectivity index (χ2n) is 6.19. The molecule has 2 atom stereocenters. The Morgan fingerprint density at radius 2 is 2.33 bits per heavy atom. The van der Waals surface area contributed by atoms with E-state index in [0.717, 1.165) is 30.4 Å². The number of carbonyl (C=O) groups is 1. The normalized spacial score (nSPS) is 20.2. The molecule has 0 bridgehead atoms.